The molecule has 1 aromatic rings. The standard InChI is InChI=1S/C9H10BrF2N/c1-9(2,3)6-5(11)4-13-8(10)7(6)12/h4H,1-3H3. The van der Waals surface area contributed by atoms with E-state index in [0.29, 0.717) is 0 Å². The fourth-order valence-corrected chi connectivity index (χ4v) is 1.43. The summed E-state index contributed by atoms with van der Waals surface area (Å²) in [7, 11) is 0. The van der Waals surface area contributed by atoms with Crippen molar-refractivity contribution in [3.63, 3.8) is 0 Å². The van der Waals surface area contributed by atoms with Crippen molar-refractivity contribution >= 4 is 15.9 Å². The van der Waals surface area contributed by atoms with Crippen molar-refractivity contribution in [2.24, 2.45) is 0 Å². The summed E-state index contributed by atoms with van der Waals surface area (Å²) in [5.41, 5.74) is -0.492. The average Bonchev–Trinajstić information content (AvgIpc) is 1.95. The van der Waals surface area contributed by atoms with Crippen LogP contribution in [-0.4, -0.2) is 4.98 Å². The molecule has 1 aromatic heterocycles. The third-order valence-corrected chi connectivity index (χ3v) is 2.23. The summed E-state index contributed by atoms with van der Waals surface area (Å²) in [6, 6.07) is 0. The lowest BCUT2D eigenvalue weighted by atomic mass is 9.87. The number of aromatic nitrogens is 1. The Kier molecular flexibility index (Phi) is 2.71. The van der Waals surface area contributed by atoms with Crippen LogP contribution in [0.3, 0.4) is 0 Å². The molecule has 0 fully saturated rings. The summed E-state index contributed by atoms with van der Waals surface area (Å²) < 4.78 is 26.7. The van der Waals surface area contributed by atoms with Crippen molar-refractivity contribution in [1.82, 2.24) is 4.98 Å². The second-order valence-electron chi connectivity index (χ2n) is 3.84. The van der Waals surface area contributed by atoms with Crippen LogP contribution in [0, 0.1) is 11.6 Å². The number of hydrogen-bond donors (Lipinski definition) is 0. The number of pyridine rings is 1. The Labute approximate surface area is 84.3 Å². The molecule has 0 aliphatic heterocycles. The van der Waals surface area contributed by atoms with Gasteiger partial charge in [0.25, 0.3) is 0 Å². The van der Waals surface area contributed by atoms with Crippen LogP contribution < -0.4 is 0 Å². The van der Waals surface area contributed by atoms with Gasteiger partial charge in [-0.2, -0.15) is 0 Å². The molecule has 0 saturated heterocycles. The molecule has 72 valence electrons. The smallest absolute Gasteiger partial charge is 0.162 e. The van der Waals surface area contributed by atoms with E-state index in [0.717, 1.165) is 6.20 Å². The number of halogens is 3. The third-order valence-electron chi connectivity index (χ3n) is 1.68. The molecule has 0 N–H and O–H groups in total. The molecule has 4 heteroatoms. The molecule has 0 aliphatic carbocycles. The van der Waals surface area contributed by atoms with E-state index in [4.69, 9.17) is 0 Å². The van der Waals surface area contributed by atoms with Gasteiger partial charge in [-0.3, -0.25) is 0 Å². The van der Waals surface area contributed by atoms with Gasteiger partial charge in [0, 0.05) is 5.56 Å². The molecule has 0 bridgehead atoms. The highest BCUT2D eigenvalue weighted by atomic mass is 79.9. The Hall–Kier alpha value is -0.510. The van der Waals surface area contributed by atoms with E-state index in [2.05, 4.69) is 20.9 Å². The first kappa shape index (κ1) is 10.6. The highest BCUT2D eigenvalue weighted by Crippen LogP contribution is 2.30. The van der Waals surface area contributed by atoms with Crippen molar-refractivity contribution < 1.29 is 8.78 Å². The Bertz CT molecular complexity index is 331. The Morgan fingerprint density at radius 1 is 1.31 bits per heavy atom. The zero-order chi connectivity index (χ0) is 10.2. The maximum atomic E-state index is 13.4. The lowest BCUT2D eigenvalue weighted by Crippen LogP contribution is -2.17. The van der Waals surface area contributed by atoms with E-state index >= 15 is 0 Å². The van der Waals surface area contributed by atoms with Crippen molar-refractivity contribution in [3.8, 4) is 0 Å². The Morgan fingerprint density at radius 2 is 1.85 bits per heavy atom. The average molecular weight is 250 g/mol. The molecule has 0 aromatic carbocycles. The topological polar surface area (TPSA) is 12.9 Å². The maximum absolute atomic E-state index is 13.4. The lowest BCUT2D eigenvalue weighted by Gasteiger charge is -2.20. The van der Waals surface area contributed by atoms with Gasteiger partial charge in [0.05, 0.1) is 6.20 Å². The monoisotopic (exact) mass is 249 g/mol. The molecular formula is C9H10BrF2N. The van der Waals surface area contributed by atoms with E-state index in [1.165, 1.54) is 0 Å². The number of rotatable bonds is 0. The van der Waals surface area contributed by atoms with Crippen molar-refractivity contribution in [3.05, 3.63) is 28.0 Å². The molecule has 13 heavy (non-hydrogen) atoms. The van der Waals surface area contributed by atoms with E-state index in [-0.39, 0.29) is 10.2 Å². The highest BCUT2D eigenvalue weighted by Gasteiger charge is 2.24. The molecule has 1 rings (SSSR count). The largest absolute Gasteiger partial charge is 0.243 e. The summed E-state index contributed by atoms with van der Waals surface area (Å²) in [5.74, 6) is -1.22. The van der Waals surface area contributed by atoms with Gasteiger partial charge in [-0.25, -0.2) is 13.8 Å². The maximum Gasteiger partial charge on any atom is 0.162 e. The molecule has 1 heterocycles. The molecular weight excluding hydrogens is 240 g/mol. The molecule has 0 amide bonds. The normalized spacial score (nSPS) is 11.8. The fourth-order valence-electron chi connectivity index (χ4n) is 1.13. The summed E-state index contributed by atoms with van der Waals surface area (Å²) in [6.45, 7) is 5.25. The molecule has 0 spiro atoms. The van der Waals surface area contributed by atoms with Gasteiger partial charge in [0.2, 0.25) is 0 Å². The minimum absolute atomic E-state index is 0.0545. The second-order valence-corrected chi connectivity index (χ2v) is 4.59. The lowest BCUT2D eigenvalue weighted by molar-refractivity contribution is 0.466. The van der Waals surface area contributed by atoms with Crippen LogP contribution in [0.1, 0.15) is 26.3 Å². The summed E-state index contributed by atoms with van der Waals surface area (Å²) in [5, 5.41) is 0. The SMILES string of the molecule is CC(C)(C)c1c(F)cnc(Br)c1F. The van der Waals surface area contributed by atoms with E-state index in [9.17, 15) is 8.78 Å². The van der Waals surface area contributed by atoms with Crippen molar-refractivity contribution in [2.75, 3.05) is 0 Å². The van der Waals surface area contributed by atoms with Crippen LogP contribution in [0.4, 0.5) is 8.78 Å². The van der Waals surface area contributed by atoms with Crippen LogP contribution in [0.15, 0.2) is 10.8 Å². The minimum Gasteiger partial charge on any atom is -0.243 e. The molecule has 0 aliphatic rings. The first-order valence-corrected chi connectivity index (χ1v) is 4.63. The zero-order valence-electron chi connectivity index (χ0n) is 7.66. The van der Waals surface area contributed by atoms with Gasteiger partial charge >= 0.3 is 0 Å². The molecule has 0 radical (unpaired) electrons. The first-order chi connectivity index (χ1) is 5.84. The van der Waals surface area contributed by atoms with Crippen LogP contribution >= 0.6 is 15.9 Å². The van der Waals surface area contributed by atoms with E-state index < -0.39 is 17.0 Å². The predicted molar refractivity (Wildman–Crippen MR) is 50.6 cm³/mol. The van der Waals surface area contributed by atoms with Crippen molar-refractivity contribution in [1.29, 1.82) is 0 Å². The van der Waals surface area contributed by atoms with Gasteiger partial charge < -0.3 is 0 Å². The molecule has 0 unspecified atom stereocenters. The summed E-state index contributed by atoms with van der Waals surface area (Å²) in [4.78, 5) is 3.52. The van der Waals surface area contributed by atoms with Gasteiger partial charge in [-0.05, 0) is 21.3 Å². The third kappa shape index (κ3) is 2.05. The summed E-state index contributed by atoms with van der Waals surface area (Å²) >= 11 is 2.92. The molecule has 0 atom stereocenters. The van der Waals surface area contributed by atoms with Gasteiger partial charge in [-0.15, -0.1) is 0 Å². The summed E-state index contributed by atoms with van der Waals surface area (Å²) in [6.07, 6.45) is 1.02. The number of hydrogen-bond acceptors (Lipinski definition) is 1. The Morgan fingerprint density at radius 3 is 2.23 bits per heavy atom. The second kappa shape index (κ2) is 3.33. The van der Waals surface area contributed by atoms with Crippen LogP contribution in [0.5, 0.6) is 0 Å². The van der Waals surface area contributed by atoms with Gasteiger partial charge in [0.1, 0.15) is 10.4 Å². The minimum atomic E-state index is -0.618. The highest BCUT2D eigenvalue weighted by molar-refractivity contribution is 9.10. The van der Waals surface area contributed by atoms with Crippen LogP contribution in [0.25, 0.3) is 0 Å². The molecule has 0 saturated carbocycles. The van der Waals surface area contributed by atoms with E-state index in [1.54, 1.807) is 20.8 Å². The number of nitrogens with zero attached hydrogens (tertiary/aromatic N) is 1. The molecule has 1 nitrogen and oxygen atoms in total. The predicted octanol–water partition coefficient (Wildman–Crippen LogP) is 3.42. The quantitative estimate of drug-likeness (QED) is 0.643. The van der Waals surface area contributed by atoms with Crippen LogP contribution in [0.2, 0.25) is 0 Å². The van der Waals surface area contributed by atoms with Gasteiger partial charge in [0.15, 0.2) is 5.82 Å². The van der Waals surface area contributed by atoms with Gasteiger partial charge in [-0.1, -0.05) is 20.8 Å². The fraction of sp³-hybridized carbons (Fsp3) is 0.444. The zero-order valence-corrected chi connectivity index (χ0v) is 9.24. The van der Waals surface area contributed by atoms with Crippen molar-refractivity contribution in [2.45, 2.75) is 26.2 Å². The first-order valence-electron chi connectivity index (χ1n) is 3.84. The Balaban J connectivity index is 3.43. The van der Waals surface area contributed by atoms with Crippen LogP contribution in [-0.2, 0) is 5.41 Å². The van der Waals surface area contributed by atoms with E-state index in [1.807, 2.05) is 0 Å².